The molecule has 0 spiro atoms. The highest BCUT2D eigenvalue weighted by Gasteiger charge is 2.26. The van der Waals surface area contributed by atoms with Crippen molar-refractivity contribution in [3.8, 4) is 11.5 Å². The maximum Gasteiger partial charge on any atom is 0.231 e. The first kappa shape index (κ1) is 20.8. The standard InChI is InChI=1S/C23H25N3O5/c1-15(27)18-12-20-21(31-14-30-20)13-19(18)25-22(28)10-17-4-8-26(9-5-17)23(29)11-16-2-6-24-7-3-16/h2-3,6-7,12-13,17H,4-5,8-11,14H2,1H3,(H,25,28). The quantitative estimate of drug-likeness (QED) is 0.718. The number of hydrogen-bond acceptors (Lipinski definition) is 6. The third-order valence-electron chi connectivity index (χ3n) is 5.71. The molecule has 0 atom stereocenters. The van der Waals surface area contributed by atoms with Crippen molar-refractivity contribution in [2.24, 2.45) is 5.92 Å². The van der Waals surface area contributed by atoms with Gasteiger partial charge in [0.2, 0.25) is 18.6 Å². The zero-order valence-electron chi connectivity index (χ0n) is 17.4. The van der Waals surface area contributed by atoms with E-state index in [1.165, 1.54) is 6.92 Å². The van der Waals surface area contributed by atoms with Crippen LogP contribution in [0.2, 0.25) is 0 Å². The van der Waals surface area contributed by atoms with Crippen LogP contribution in [-0.2, 0) is 16.0 Å². The number of anilines is 1. The molecule has 4 rings (SSSR count). The van der Waals surface area contributed by atoms with Gasteiger partial charge in [-0.25, -0.2) is 0 Å². The molecule has 2 aliphatic heterocycles. The highest BCUT2D eigenvalue weighted by Crippen LogP contribution is 2.37. The zero-order chi connectivity index (χ0) is 21.8. The van der Waals surface area contributed by atoms with Crippen molar-refractivity contribution in [1.29, 1.82) is 0 Å². The topological polar surface area (TPSA) is 97.8 Å². The number of likely N-dealkylation sites (tertiary alicyclic amines) is 1. The van der Waals surface area contributed by atoms with Gasteiger partial charge in [0.1, 0.15) is 0 Å². The Labute approximate surface area is 180 Å². The van der Waals surface area contributed by atoms with Crippen LogP contribution in [-0.4, -0.2) is 47.4 Å². The number of nitrogens with zero attached hydrogens (tertiary/aromatic N) is 2. The van der Waals surface area contributed by atoms with Crippen molar-refractivity contribution >= 4 is 23.3 Å². The number of piperidine rings is 1. The third-order valence-corrected chi connectivity index (χ3v) is 5.71. The largest absolute Gasteiger partial charge is 0.454 e. The summed E-state index contributed by atoms with van der Waals surface area (Å²) >= 11 is 0. The maximum atomic E-state index is 12.6. The minimum Gasteiger partial charge on any atom is -0.454 e. The second-order valence-corrected chi connectivity index (χ2v) is 7.92. The number of hydrogen-bond donors (Lipinski definition) is 1. The van der Waals surface area contributed by atoms with E-state index < -0.39 is 0 Å². The summed E-state index contributed by atoms with van der Waals surface area (Å²) < 4.78 is 10.7. The number of pyridine rings is 1. The van der Waals surface area contributed by atoms with E-state index in [1.54, 1.807) is 24.5 Å². The van der Waals surface area contributed by atoms with Gasteiger partial charge in [0.25, 0.3) is 0 Å². The number of fused-ring (bicyclic) bond motifs is 1. The lowest BCUT2D eigenvalue weighted by atomic mass is 9.92. The molecule has 2 aliphatic rings. The van der Waals surface area contributed by atoms with Gasteiger partial charge in [-0.15, -0.1) is 0 Å². The molecular formula is C23H25N3O5. The summed E-state index contributed by atoms with van der Waals surface area (Å²) in [6.07, 6.45) is 5.63. The van der Waals surface area contributed by atoms with Crippen molar-refractivity contribution in [3.05, 3.63) is 47.8 Å². The molecule has 1 fully saturated rings. The Bertz CT molecular complexity index is 984. The fraction of sp³-hybridized carbons (Fsp3) is 0.391. The molecular weight excluding hydrogens is 398 g/mol. The van der Waals surface area contributed by atoms with E-state index in [4.69, 9.17) is 9.47 Å². The Morgan fingerprint density at radius 3 is 2.45 bits per heavy atom. The zero-order valence-corrected chi connectivity index (χ0v) is 17.4. The maximum absolute atomic E-state index is 12.6. The molecule has 2 amide bonds. The van der Waals surface area contributed by atoms with Gasteiger partial charge >= 0.3 is 0 Å². The molecule has 1 N–H and O–H groups in total. The molecule has 0 saturated carbocycles. The van der Waals surface area contributed by atoms with Crippen molar-refractivity contribution < 1.29 is 23.9 Å². The Morgan fingerprint density at radius 2 is 1.77 bits per heavy atom. The number of aromatic nitrogens is 1. The number of ether oxygens (including phenoxy) is 2. The van der Waals surface area contributed by atoms with E-state index in [9.17, 15) is 14.4 Å². The molecule has 162 valence electrons. The normalized spacial score (nSPS) is 15.6. The first-order chi connectivity index (χ1) is 15.0. The number of ketones is 1. The van der Waals surface area contributed by atoms with E-state index >= 15 is 0 Å². The van der Waals surface area contributed by atoms with Crippen LogP contribution < -0.4 is 14.8 Å². The first-order valence-corrected chi connectivity index (χ1v) is 10.4. The van der Waals surface area contributed by atoms with Crippen LogP contribution in [0.1, 0.15) is 42.1 Å². The summed E-state index contributed by atoms with van der Waals surface area (Å²) in [5, 5.41) is 2.85. The predicted octanol–water partition coefficient (Wildman–Crippen LogP) is 2.82. The van der Waals surface area contributed by atoms with Crippen LogP contribution in [0.15, 0.2) is 36.7 Å². The van der Waals surface area contributed by atoms with Crippen LogP contribution in [0.25, 0.3) is 0 Å². The van der Waals surface area contributed by atoms with Gasteiger partial charge in [0.15, 0.2) is 17.3 Å². The Balaban J connectivity index is 1.30. The van der Waals surface area contributed by atoms with E-state index in [0.29, 0.717) is 48.7 Å². The van der Waals surface area contributed by atoms with Crippen LogP contribution >= 0.6 is 0 Å². The number of carbonyl (C=O) groups excluding carboxylic acids is 3. The highest BCUT2D eigenvalue weighted by molar-refractivity contribution is 6.04. The molecule has 0 radical (unpaired) electrons. The van der Waals surface area contributed by atoms with Crippen LogP contribution in [0.5, 0.6) is 11.5 Å². The minimum atomic E-state index is -0.158. The average Bonchev–Trinajstić information content (AvgIpc) is 3.21. The molecule has 8 nitrogen and oxygen atoms in total. The summed E-state index contributed by atoms with van der Waals surface area (Å²) in [4.78, 5) is 42.9. The third kappa shape index (κ3) is 5.02. The molecule has 1 saturated heterocycles. The molecule has 2 aromatic rings. The lowest BCUT2D eigenvalue weighted by Gasteiger charge is -2.32. The van der Waals surface area contributed by atoms with Crippen molar-refractivity contribution in [2.45, 2.75) is 32.6 Å². The van der Waals surface area contributed by atoms with Gasteiger partial charge in [-0.1, -0.05) is 0 Å². The Hall–Kier alpha value is -3.42. The second-order valence-electron chi connectivity index (χ2n) is 7.92. The summed E-state index contributed by atoms with van der Waals surface area (Å²) in [7, 11) is 0. The van der Waals surface area contributed by atoms with E-state index in [0.717, 1.165) is 18.4 Å². The van der Waals surface area contributed by atoms with Crippen LogP contribution in [0.4, 0.5) is 5.69 Å². The van der Waals surface area contributed by atoms with Crippen molar-refractivity contribution in [2.75, 3.05) is 25.2 Å². The summed E-state index contributed by atoms with van der Waals surface area (Å²) in [5.74, 6) is 1.01. The Kier molecular flexibility index (Phi) is 6.16. The fourth-order valence-electron chi connectivity index (χ4n) is 3.97. The summed E-state index contributed by atoms with van der Waals surface area (Å²) in [5.41, 5.74) is 1.78. The van der Waals surface area contributed by atoms with Gasteiger partial charge in [-0.3, -0.25) is 19.4 Å². The van der Waals surface area contributed by atoms with Gasteiger partial charge in [0, 0.05) is 43.5 Å². The van der Waals surface area contributed by atoms with Crippen molar-refractivity contribution in [1.82, 2.24) is 9.88 Å². The monoisotopic (exact) mass is 423 g/mol. The van der Waals surface area contributed by atoms with E-state index in [-0.39, 0.29) is 30.3 Å². The van der Waals surface area contributed by atoms with E-state index in [1.807, 2.05) is 17.0 Å². The molecule has 0 aliphatic carbocycles. The number of rotatable bonds is 6. The molecule has 0 bridgehead atoms. The number of Topliss-reactive ketones (excluding diaryl/α,β-unsaturated/α-hetero) is 1. The SMILES string of the molecule is CC(=O)c1cc2c(cc1NC(=O)CC1CCN(C(=O)Cc3ccncc3)CC1)OCO2. The number of amides is 2. The number of benzene rings is 1. The molecule has 8 heteroatoms. The van der Waals surface area contributed by atoms with Crippen LogP contribution in [0, 0.1) is 5.92 Å². The lowest BCUT2D eigenvalue weighted by Crippen LogP contribution is -2.40. The minimum absolute atomic E-state index is 0.0977. The number of nitrogens with one attached hydrogen (secondary N) is 1. The fourth-order valence-corrected chi connectivity index (χ4v) is 3.97. The summed E-state index contributed by atoms with van der Waals surface area (Å²) in [6.45, 7) is 2.84. The second kappa shape index (κ2) is 9.16. The van der Waals surface area contributed by atoms with Gasteiger partial charge in [-0.05, 0) is 49.4 Å². The lowest BCUT2D eigenvalue weighted by molar-refractivity contribution is -0.131. The molecule has 1 aromatic carbocycles. The van der Waals surface area contributed by atoms with Gasteiger partial charge in [0.05, 0.1) is 12.1 Å². The predicted molar refractivity (Wildman–Crippen MR) is 113 cm³/mol. The van der Waals surface area contributed by atoms with Crippen LogP contribution in [0.3, 0.4) is 0 Å². The molecule has 3 heterocycles. The van der Waals surface area contributed by atoms with Gasteiger partial charge in [-0.2, -0.15) is 0 Å². The smallest absolute Gasteiger partial charge is 0.231 e. The molecule has 31 heavy (non-hydrogen) atoms. The summed E-state index contributed by atoms with van der Waals surface area (Å²) in [6, 6.07) is 6.94. The average molecular weight is 423 g/mol. The first-order valence-electron chi connectivity index (χ1n) is 10.4. The van der Waals surface area contributed by atoms with E-state index in [2.05, 4.69) is 10.3 Å². The Morgan fingerprint density at radius 1 is 1.10 bits per heavy atom. The highest BCUT2D eigenvalue weighted by atomic mass is 16.7. The number of carbonyl (C=O) groups is 3. The van der Waals surface area contributed by atoms with Gasteiger partial charge < -0.3 is 19.7 Å². The molecule has 1 aromatic heterocycles. The van der Waals surface area contributed by atoms with Crippen molar-refractivity contribution in [3.63, 3.8) is 0 Å². The molecule has 0 unspecified atom stereocenters.